The maximum atomic E-state index is 3.53. The molecule has 0 spiro atoms. The summed E-state index contributed by atoms with van der Waals surface area (Å²) in [6.45, 7) is 6.73. The number of likely N-dealkylation sites (tertiary alicyclic amines) is 1. The van der Waals surface area contributed by atoms with Crippen LogP contribution in [0.5, 0.6) is 0 Å². The smallest absolute Gasteiger partial charge is 0.00220 e. The van der Waals surface area contributed by atoms with Crippen LogP contribution in [-0.2, 0) is 0 Å². The quantitative estimate of drug-likeness (QED) is 0.801. The molecule has 3 aliphatic rings. The van der Waals surface area contributed by atoms with E-state index >= 15 is 0 Å². The zero-order valence-corrected chi connectivity index (χ0v) is 11.0. The van der Waals surface area contributed by atoms with Crippen LogP contribution in [0.15, 0.2) is 0 Å². The number of hydrogen-bond donors (Lipinski definition) is 1. The minimum atomic E-state index is 0. The molecule has 1 aliphatic carbocycles. The lowest BCUT2D eigenvalue weighted by molar-refractivity contribution is 0.230. The lowest BCUT2D eigenvalue weighted by atomic mass is 9.99. The molecule has 3 rings (SSSR count). The van der Waals surface area contributed by atoms with Gasteiger partial charge in [0.25, 0.3) is 0 Å². The Kier molecular flexibility index (Phi) is 4.51. The highest BCUT2D eigenvalue weighted by Crippen LogP contribution is 2.38. The van der Waals surface area contributed by atoms with Crippen molar-refractivity contribution in [2.24, 2.45) is 17.8 Å². The third-order valence-electron chi connectivity index (χ3n) is 4.72. The van der Waals surface area contributed by atoms with Crippen molar-refractivity contribution < 1.29 is 0 Å². The summed E-state index contributed by atoms with van der Waals surface area (Å²) in [5.41, 5.74) is 0. The first-order valence-electron chi connectivity index (χ1n) is 6.85. The van der Waals surface area contributed by atoms with Gasteiger partial charge in [0.05, 0.1) is 0 Å². The minimum Gasteiger partial charge on any atom is -0.316 e. The van der Waals surface area contributed by atoms with Gasteiger partial charge < -0.3 is 10.2 Å². The van der Waals surface area contributed by atoms with E-state index in [-0.39, 0.29) is 12.4 Å². The minimum absolute atomic E-state index is 0. The summed E-state index contributed by atoms with van der Waals surface area (Å²) in [7, 11) is 0. The van der Waals surface area contributed by atoms with Gasteiger partial charge in [-0.3, -0.25) is 0 Å². The van der Waals surface area contributed by atoms with Gasteiger partial charge in [-0.1, -0.05) is 6.42 Å². The van der Waals surface area contributed by atoms with Crippen molar-refractivity contribution in [3.63, 3.8) is 0 Å². The molecule has 3 unspecified atom stereocenters. The molecular formula is C13H25ClN2. The fourth-order valence-corrected chi connectivity index (χ4v) is 3.93. The number of hydrogen-bond acceptors (Lipinski definition) is 2. The first kappa shape index (κ1) is 12.7. The molecule has 16 heavy (non-hydrogen) atoms. The maximum absolute atomic E-state index is 3.53. The van der Waals surface area contributed by atoms with Gasteiger partial charge in [-0.05, 0) is 56.5 Å². The van der Waals surface area contributed by atoms with Crippen LogP contribution in [-0.4, -0.2) is 37.6 Å². The number of nitrogens with zero attached hydrogens (tertiary/aromatic N) is 1. The van der Waals surface area contributed by atoms with Crippen LogP contribution >= 0.6 is 12.4 Å². The lowest BCUT2D eigenvalue weighted by Crippen LogP contribution is -2.37. The Balaban J connectivity index is 0.000000963. The topological polar surface area (TPSA) is 15.3 Å². The molecule has 1 saturated carbocycles. The second-order valence-electron chi connectivity index (χ2n) is 5.88. The van der Waals surface area contributed by atoms with E-state index in [0.29, 0.717) is 0 Å². The number of rotatable bonds is 2. The second kappa shape index (κ2) is 5.70. The van der Waals surface area contributed by atoms with Crippen molar-refractivity contribution in [2.75, 3.05) is 32.7 Å². The van der Waals surface area contributed by atoms with Crippen molar-refractivity contribution in [1.82, 2.24) is 10.2 Å². The number of nitrogens with one attached hydrogen (secondary N) is 1. The van der Waals surface area contributed by atoms with Crippen molar-refractivity contribution in [3.05, 3.63) is 0 Å². The van der Waals surface area contributed by atoms with Crippen molar-refractivity contribution in [3.8, 4) is 0 Å². The van der Waals surface area contributed by atoms with Gasteiger partial charge in [0.15, 0.2) is 0 Å². The van der Waals surface area contributed by atoms with E-state index in [1.165, 1.54) is 64.8 Å². The summed E-state index contributed by atoms with van der Waals surface area (Å²) < 4.78 is 0. The molecule has 0 aromatic rings. The standard InChI is InChI=1S/C13H24N2.ClH/c1-4-12-9-15(10-13(12)5-1)8-11-3-2-6-14-7-11;/h11-14H,1-10H2;1H. The molecule has 2 nitrogen and oxygen atoms in total. The van der Waals surface area contributed by atoms with Gasteiger partial charge in [-0.15, -0.1) is 12.4 Å². The van der Waals surface area contributed by atoms with Crippen LogP contribution < -0.4 is 5.32 Å². The molecule has 3 atom stereocenters. The predicted molar refractivity (Wildman–Crippen MR) is 70.1 cm³/mol. The lowest BCUT2D eigenvalue weighted by Gasteiger charge is -2.27. The summed E-state index contributed by atoms with van der Waals surface area (Å²) >= 11 is 0. The zero-order valence-electron chi connectivity index (χ0n) is 10.2. The van der Waals surface area contributed by atoms with Gasteiger partial charge in [0, 0.05) is 19.6 Å². The second-order valence-corrected chi connectivity index (χ2v) is 5.88. The zero-order chi connectivity index (χ0) is 10.1. The Hall–Kier alpha value is 0.210. The van der Waals surface area contributed by atoms with E-state index in [9.17, 15) is 0 Å². The van der Waals surface area contributed by atoms with Crippen molar-refractivity contribution in [1.29, 1.82) is 0 Å². The normalized spacial score (nSPS) is 39.4. The number of halogens is 1. The monoisotopic (exact) mass is 244 g/mol. The maximum Gasteiger partial charge on any atom is 0.00220 e. The molecule has 0 aromatic carbocycles. The van der Waals surface area contributed by atoms with Crippen LogP contribution in [0.4, 0.5) is 0 Å². The molecule has 3 heteroatoms. The summed E-state index contributed by atoms with van der Waals surface area (Å²) in [5.74, 6) is 3.08. The Morgan fingerprint density at radius 3 is 2.38 bits per heavy atom. The third-order valence-corrected chi connectivity index (χ3v) is 4.72. The highest BCUT2D eigenvalue weighted by Gasteiger charge is 2.36. The van der Waals surface area contributed by atoms with E-state index in [1.54, 1.807) is 0 Å². The van der Waals surface area contributed by atoms with Crippen molar-refractivity contribution in [2.45, 2.75) is 32.1 Å². The SMILES string of the molecule is C1CNCC(CN2CC3CCCC3C2)C1.Cl. The number of fused-ring (bicyclic) bond motifs is 1. The fourth-order valence-electron chi connectivity index (χ4n) is 3.93. The first-order chi connectivity index (χ1) is 7.42. The van der Waals surface area contributed by atoms with Gasteiger partial charge >= 0.3 is 0 Å². The molecule has 3 fully saturated rings. The fraction of sp³-hybridized carbons (Fsp3) is 1.00. The van der Waals surface area contributed by atoms with Gasteiger partial charge in [-0.2, -0.15) is 0 Å². The highest BCUT2D eigenvalue weighted by atomic mass is 35.5. The van der Waals surface area contributed by atoms with Crippen molar-refractivity contribution >= 4 is 12.4 Å². The summed E-state index contributed by atoms with van der Waals surface area (Å²) in [6.07, 6.45) is 7.40. The Labute approximate surface area is 106 Å². The summed E-state index contributed by atoms with van der Waals surface area (Å²) in [4.78, 5) is 2.76. The molecule has 0 aromatic heterocycles. The van der Waals surface area contributed by atoms with E-state index in [4.69, 9.17) is 0 Å². The average molecular weight is 245 g/mol. The van der Waals surface area contributed by atoms with Crippen LogP contribution in [0.25, 0.3) is 0 Å². The van der Waals surface area contributed by atoms with Gasteiger partial charge in [-0.25, -0.2) is 0 Å². The van der Waals surface area contributed by atoms with Gasteiger partial charge in [0.1, 0.15) is 0 Å². The summed E-state index contributed by atoms with van der Waals surface area (Å²) in [6, 6.07) is 0. The average Bonchev–Trinajstić information content (AvgIpc) is 2.79. The molecule has 1 N–H and O–H groups in total. The molecule has 2 saturated heterocycles. The van der Waals surface area contributed by atoms with E-state index in [1.807, 2.05) is 0 Å². The van der Waals surface area contributed by atoms with Crippen LogP contribution in [0.1, 0.15) is 32.1 Å². The molecule has 0 amide bonds. The van der Waals surface area contributed by atoms with Crippen LogP contribution in [0.2, 0.25) is 0 Å². The van der Waals surface area contributed by atoms with Gasteiger partial charge in [0.2, 0.25) is 0 Å². The third kappa shape index (κ3) is 2.72. The molecule has 0 radical (unpaired) electrons. The molecular weight excluding hydrogens is 220 g/mol. The van der Waals surface area contributed by atoms with Crippen LogP contribution in [0.3, 0.4) is 0 Å². The molecule has 0 bridgehead atoms. The van der Waals surface area contributed by atoms with E-state index < -0.39 is 0 Å². The first-order valence-corrected chi connectivity index (χ1v) is 6.85. The largest absolute Gasteiger partial charge is 0.316 e. The Morgan fingerprint density at radius 2 is 1.75 bits per heavy atom. The molecule has 94 valence electrons. The highest BCUT2D eigenvalue weighted by molar-refractivity contribution is 5.85. The van der Waals surface area contributed by atoms with Crippen LogP contribution in [0, 0.1) is 17.8 Å². The van der Waals surface area contributed by atoms with E-state index in [0.717, 1.165) is 17.8 Å². The summed E-state index contributed by atoms with van der Waals surface area (Å²) in [5, 5.41) is 3.53. The molecule has 2 aliphatic heterocycles. The Morgan fingerprint density at radius 1 is 1.00 bits per heavy atom. The molecule has 2 heterocycles. The van der Waals surface area contributed by atoms with E-state index in [2.05, 4.69) is 10.2 Å². The predicted octanol–water partition coefficient (Wildman–Crippen LogP) is 2.14. The Bertz CT molecular complexity index is 204. The number of piperidine rings is 1.